The van der Waals surface area contributed by atoms with Crippen molar-refractivity contribution >= 4 is 38.9 Å². The number of para-hydroxylation sites is 3. The molecule has 32 heavy (non-hydrogen) atoms. The van der Waals surface area contributed by atoms with E-state index in [1.165, 1.54) is 55.4 Å². The van der Waals surface area contributed by atoms with Gasteiger partial charge in [-0.1, -0.05) is 84.9 Å². The molecule has 0 radical (unpaired) electrons. The zero-order valence-electron chi connectivity index (χ0n) is 17.4. The molecule has 0 saturated heterocycles. The minimum atomic E-state index is 1.16. The highest BCUT2D eigenvalue weighted by Crippen LogP contribution is 2.52. The van der Waals surface area contributed by atoms with Crippen LogP contribution in [-0.4, -0.2) is 4.98 Å². The van der Waals surface area contributed by atoms with Gasteiger partial charge in [-0.15, -0.1) is 0 Å². The van der Waals surface area contributed by atoms with Crippen molar-refractivity contribution in [3.8, 4) is 22.3 Å². The second-order valence-electron chi connectivity index (χ2n) is 8.29. The van der Waals surface area contributed by atoms with Crippen molar-refractivity contribution in [2.75, 3.05) is 4.90 Å². The molecule has 0 saturated carbocycles. The molecule has 6 aromatic rings. The highest BCUT2D eigenvalue weighted by atomic mass is 15.1. The number of nitrogens with one attached hydrogen (secondary N) is 1. The van der Waals surface area contributed by atoms with Gasteiger partial charge in [-0.3, -0.25) is 0 Å². The van der Waals surface area contributed by atoms with Gasteiger partial charge in [0.15, 0.2) is 0 Å². The van der Waals surface area contributed by atoms with Crippen LogP contribution in [0.15, 0.2) is 115 Å². The van der Waals surface area contributed by atoms with Gasteiger partial charge in [0.2, 0.25) is 0 Å². The van der Waals surface area contributed by atoms with Crippen molar-refractivity contribution in [2.45, 2.75) is 0 Å². The van der Waals surface area contributed by atoms with Gasteiger partial charge in [0, 0.05) is 33.1 Å². The third-order valence-electron chi connectivity index (χ3n) is 6.55. The predicted molar refractivity (Wildman–Crippen MR) is 135 cm³/mol. The first-order valence-electron chi connectivity index (χ1n) is 11.0. The first kappa shape index (κ1) is 17.4. The average molecular weight is 409 g/mol. The maximum absolute atomic E-state index is 3.75. The van der Waals surface area contributed by atoms with Crippen LogP contribution >= 0.6 is 0 Å². The van der Waals surface area contributed by atoms with Crippen LogP contribution in [0.1, 0.15) is 0 Å². The average Bonchev–Trinajstić information content (AvgIpc) is 3.18. The van der Waals surface area contributed by atoms with E-state index in [1.807, 2.05) is 0 Å². The normalized spacial score (nSPS) is 12.3. The van der Waals surface area contributed by atoms with Crippen LogP contribution in [0.5, 0.6) is 0 Å². The molecule has 0 aliphatic carbocycles. The number of H-pyrrole nitrogens is 1. The molecule has 0 spiro atoms. The minimum Gasteiger partial charge on any atom is -0.354 e. The largest absolute Gasteiger partial charge is 0.354 e. The lowest BCUT2D eigenvalue weighted by Crippen LogP contribution is -2.10. The van der Waals surface area contributed by atoms with E-state index in [2.05, 4.69) is 125 Å². The highest BCUT2D eigenvalue weighted by molar-refractivity contribution is 6.17. The standard InChI is InChI=1S/C30H20N2/c1-2-10-20(11-3-1)32-27-17-9-7-14-23(27)21-12-4-5-15-24(21)29-28(32)19-18-25-22-13-6-8-16-26(22)31-30(25)29/h1-19,31H. The molecule has 1 N–H and O–H groups in total. The quantitative estimate of drug-likeness (QED) is 0.289. The van der Waals surface area contributed by atoms with E-state index in [4.69, 9.17) is 0 Å². The van der Waals surface area contributed by atoms with Gasteiger partial charge in [0.05, 0.1) is 16.9 Å². The molecule has 0 fully saturated rings. The zero-order chi connectivity index (χ0) is 21.1. The summed E-state index contributed by atoms with van der Waals surface area (Å²) < 4.78 is 0. The molecule has 1 aliphatic heterocycles. The lowest BCUT2D eigenvalue weighted by atomic mass is 9.93. The Kier molecular flexibility index (Phi) is 3.58. The monoisotopic (exact) mass is 408 g/mol. The third kappa shape index (κ3) is 2.35. The Morgan fingerprint density at radius 3 is 2.03 bits per heavy atom. The molecule has 2 heteroatoms. The number of hydrogen-bond donors (Lipinski definition) is 1. The maximum atomic E-state index is 3.75. The number of fused-ring (bicyclic) bond motifs is 9. The molecular formula is C30H20N2. The Bertz CT molecular complexity index is 1630. The van der Waals surface area contributed by atoms with Crippen molar-refractivity contribution in [1.29, 1.82) is 0 Å². The molecule has 0 amide bonds. The molecule has 150 valence electrons. The van der Waals surface area contributed by atoms with E-state index in [9.17, 15) is 0 Å². The van der Waals surface area contributed by atoms with E-state index >= 15 is 0 Å². The first-order valence-corrected chi connectivity index (χ1v) is 11.0. The van der Waals surface area contributed by atoms with Gasteiger partial charge in [-0.25, -0.2) is 0 Å². The van der Waals surface area contributed by atoms with E-state index in [-0.39, 0.29) is 0 Å². The Morgan fingerprint density at radius 1 is 0.469 bits per heavy atom. The molecule has 2 heterocycles. The van der Waals surface area contributed by atoms with Crippen molar-refractivity contribution in [3.05, 3.63) is 115 Å². The van der Waals surface area contributed by atoms with Gasteiger partial charge >= 0.3 is 0 Å². The smallest absolute Gasteiger partial charge is 0.0566 e. The Hall–Kier alpha value is -4.30. The van der Waals surface area contributed by atoms with Crippen LogP contribution < -0.4 is 4.90 Å². The summed E-state index contributed by atoms with van der Waals surface area (Å²) >= 11 is 0. The maximum Gasteiger partial charge on any atom is 0.0566 e. The molecule has 0 bridgehead atoms. The number of benzene rings is 5. The molecule has 2 nitrogen and oxygen atoms in total. The number of rotatable bonds is 1. The Balaban J connectivity index is 1.69. The number of aromatic amines is 1. The molecule has 0 unspecified atom stereocenters. The van der Waals surface area contributed by atoms with E-state index in [0.29, 0.717) is 0 Å². The van der Waals surface area contributed by atoms with Gasteiger partial charge in [-0.05, 0) is 41.5 Å². The number of hydrogen-bond acceptors (Lipinski definition) is 1. The fourth-order valence-corrected chi connectivity index (χ4v) is 5.18. The summed E-state index contributed by atoms with van der Waals surface area (Å²) in [5, 5.41) is 2.52. The molecule has 1 aromatic heterocycles. The van der Waals surface area contributed by atoms with Crippen LogP contribution in [0.3, 0.4) is 0 Å². The summed E-state index contributed by atoms with van der Waals surface area (Å²) in [5.74, 6) is 0. The topological polar surface area (TPSA) is 19.0 Å². The van der Waals surface area contributed by atoms with Gasteiger partial charge in [-0.2, -0.15) is 0 Å². The minimum absolute atomic E-state index is 1.16. The molecular weight excluding hydrogens is 388 g/mol. The third-order valence-corrected chi connectivity index (χ3v) is 6.55. The second kappa shape index (κ2) is 6.60. The van der Waals surface area contributed by atoms with Crippen LogP contribution in [0, 0.1) is 0 Å². The van der Waals surface area contributed by atoms with Crippen molar-refractivity contribution < 1.29 is 0 Å². The zero-order valence-corrected chi connectivity index (χ0v) is 17.4. The summed E-state index contributed by atoms with van der Waals surface area (Å²) in [5.41, 5.74) is 10.9. The number of nitrogens with zero attached hydrogens (tertiary/aromatic N) is 1. The Morgan fingerprint density at radius 2 is 1.16 bits per heavy atom. The SMILES string of the molecule is c1ccc(N2c3ccccc3-c3ccccc3-c3c2ccc2c3[nH]c3ccccc32)cc1. The summed E-state index contributed by atoms with van der Waals surface area (Å²) in [6.45, 7) is 0. The number of aromatic nitrogens is 1. The number of anilines is 3. The van der Waals surface area contributed by atoms with Crippen LogP contribution in [0.25, 0.3) is 44.1 Å². The van der Waals surface area contributed by atoms with Crippen LogP contribution in [-0.2, 0) is 0 Å². The molecule has 7 rings (SSSR count). The lowest BCUT2D eigenvalue weighted by Gasteiger charge is -2.27. The predicted octanol–water partition coefficient (Wildman–Crippen LogP) is 8.44. The van der Waals surface area contributed by atoms with Crippen molar-refractivity contribution in [3.63, 3.8) is 0 Å². The fourth-order valence-electron chi connectivity index (χ4n) is 5.18. The van der Waals surface area contributed by atoms with Crippen molar-refractivity contribution in [1.82, 2.24) is 4.98 Å². The molecule has 0 atom stereocenters. The summed E-state index contributed by atoms with van der Waals surface area (Å²) in [6.07, 6.45) is 0. The van der Waals surface area contributed by atoms with Gasteiger partial charge < -0.3 is 9.88 Å². The second-order valence-corrected chi connectivity index (χ2v) is 8.29. The van der Waals surface area contributed by atoms with Crippen LogP contribution in [0.4, 0.5) is 17.1 Å². The summed E-state index contributed by atoms with van der Waals surface area (Å²) in [7, 11) is 0. The fraction of sp³-hybridized carbons (Fsp3) is 0. The molecule has 5 aromatic carbocycles. The highest BCUT2D eigenvalue weighted by Gasteiger charge is 2.27. The van der Waals surface area contributed by atoms with E-state index in [0.717, 1.165) is 5.69 Å². The van der Waals surface area contributed by atoms with Crippen LogP contribution in [0.2, 0.25) is 0 Å². The van der Waals surface area contributed by atoms with E-state index in [1.54, 1.807) is 0 Å². The summed E-state index contributed by atoms with van der Waals surface area (Å²) in [4.78, 5) is 6.15. The van der Waals surface area contributed by atoms with E-state index < -0.39 is 0 Å². The summed E-state index contributed by atoms with van der Waals surface area (Å²) in [6, 6.07) is 41.3. The Labute approximate surface area is 186 Å². The molecule has 1 aliphatic rings. The first-order chi connectivity index (χ1) is 15.9. The van der Waals surface area contributed by atoms with Crippen molar-refractivity contribution in [2.24, 2.45) is 0 Å². The van der Waals surface area contributed by atoms with Gasteiger partial charge in [0.1, 0.15) is 0 Å². The van der Waals surface area contributed by atoms with Gasteiger partial charge in [0.25, 0.3) is 0 Å². The lowest BCUT2D eigenvalue weighted by molar-refractivity contribution is 1.30.